The Morgan fingerprint density at radius 2 is 2.09 bits per heavy atom. The molecule has 1 aliphatic carbocycles. The fraction of sp³-hybridized carbons (Fsp3) is 0.375. The zero-order chi connectivity index (χ0) is 15.1. The van der Waals surface area contributed by atoms with Crippen molar-refractivity contribution in [2.75, 3.05) is 12.1 Å². The summed E-state index contributed by atoms with van der Waals surface area (Å²) < 4.78 is 16.2. The zero-order valence-electron chi connectivity index (χ0n) is 12.2. The van der Waals surface area contributed by atoms with E-state index < -0.39 is 0 Å². The lowest BCUT2D eigenvalue weighted by molar-refractivity contribution is 0.102. The number of hydrogen-bond acceptors (Lipinski definition) is 5. The third-order valence-electron chi connectivity index (χ3n) is 4.11. The number of ether oxygens (including phenoxy) is 2. The molecule has 114 valence electrons. The molecule has 1 saturated carbocycles. The van der Waals surface area contributed by atoms with Crippen LogP contribution in [0, 0.1) is 6.92 Å². The van der Waals surface area contributed by atoms with Crippen molar-refractivity contribution < 1.29 is 18.7 Å². The van der Waals surface area contributed by atoms with Gasteiger partial charge in [0, 0.05) is 17.7 Å². The number of anilines is 1. The number of aryl methyl sites for hydroxylation is 1. The highest BCUT2D eigenvalue weighted by Gasteiger charge is 2.27. The van der Waals surface area contributed by atoms with E-state index in [1.807, 2.05) is 0 Å². The largest absolute Gasteiger partial charge is 0.454 e. The van der Waals surface area contributed by atoms with Crippen LogP contribution >= 0.6 is 0 Å². The summed E-state index contributed by atoms with van der Waals surface area (Å²) in [4.78, 5) is 16.7. The van der Waals surface area contributed by atoms with Crippen LogP contribution in [0.15, 0.2) is 22.6 Å². The summed E-state index contributed by atoms with van der Waals surface area (Å²) in [7, 11) is 0. The van der Waals surface area contributed by atoms with Crippen LogP contribution < -0.4 is 14.8 Å². The fourth-order valence-electron chi connectivity index (χ4n) is 2.62. The summed E-state index contributed by atoms with van der Waals surface area (Å²) in [6.45, 7) is 1.98. The van der Waals surface area contributed by atoms with Crippen molar-refractivity contribution in [3.63, 3.8) is 0 Å². The molecule has 0 atom stereocenters. The van der Waals surface area contributed by atoms with Gasteiger partial charge in [-0.05, 0) is 31.9 Å². The van der Waals surface area contributed by atoms with E-state index in [9.17, 15) is 4.79 Å². The Morgan fingerprint density at radius 1 is 1.27 bits per heavy atom. The number of fused-ring (bicyclic) bond motifs is 1. The smallest absolute Gasteiger partial charge is 0.277 e. The van der Waals surface area contributed by atoms with Crippen LogP contribution in [0.4, 0.5) is 5.69 Å². The minimum Gasteiger partial charge on any atom is -0.454 e. The van der Waals surface area contributed by atoms with E-state index in [0.29, 0.717) is 40.4 Å². The van der Waals surface area contributed by atoms with Gasteiger partial charge in [-0.3, -0.25) is 4.79 Å². The summed E-state index contributed by atoms with van der Waals surface area (Å²) in [5.41, 5.74) is 0.987. The maximum atomic E-state index is 12.4. The van der Waals surface area contributed by atoms with Gasteiger partial charge in [-0.15, -0.1) is 0 Å². The van der Waals surface area contributed by atoms with Crippen LogP contribution in [0.1, 0.15) is 47.3 Å². The van der Waals surface area contributed by atoms with E-state index >= 15 is 0 Å². The number of hydrogen-bond donors (Lipinski definition) is 1. The molecule has 2 aliphatic rings. The summed E-state index contributed by atoms with van der Waals surface area (Å²) in [5, 5.41) is 2.82. The van der Waals surface area contributed by atoms with Gasteiger partial charge in [0.2, 0.25) is 6.79 Å². The molecule has 0 saturated heterocycles. The topological polar surface area (TPSA) is 73.6 Å². The first kappa shape index (κ1) is 13.2. The van der Waals surface area contributed by atoms with Gasteiger partial charge in [-0.25, -0.2) is 4.98 Å². The normalized spacial score (nSPS) is 16.4. The lowest BCUT2D eigenvalue weighted by Crippen LogP contribution is -2.14. The molecule has 2 heterocycles. The van der Waals surface area contributed by atoms with Crippen molar-refractivity contribution in [2.45, 2.75) is 32.1 Å². The summed E-state index contributed by atoms with van der Waals surface area (Å²) in [6.07, 6.45) is 3.37. The molecule has 0 radical (unpaired) electrons. The number of nitrogens with zero attached hydrogens (tertiary/aromatic N) is 1. The molecule has 6 nitrogen and oxygen atoms in total. The molecule has 22 heavy (non-hydrogen) atoms. The molecule has 6 heteroatoms. The number of aromatic nitrogens is 1. The average Bonchev–Trinajstić information content (AvgIpc) is 3.03. The predicted octanol–water partition coefficient (Wildman–Crippen LogP) is 3.23. The Kier molecular flexibility index (Phi) is 3.03. The maximum Gasteiger partial charge on any atom is 0.277 e. The number of rotatable bonds is 3. The fourth-order valence-corrected chi connectivity index (χ4v) is 2.62. The SMILES string of the molecule is Cc1oc(C2CCC2)nc1C(=O)Nc1ccc2c(c1)OCO2. The summed E-state index contributed by atoms with van der Waals surface area (Å²) in [5.74, 6) is 2.64. The van der Waals surface area contributed by atoms with Gasteiger partial charge < -0.3 is 19.2 Å². The number of amides is 1. The second kappa shape index (κ2) is 5.05. The van der Waals surface area contributed by atoms with E-state index in [2.05, 4.69) is 10.3 Å². The van der Waals surface area contributed by atoms with Crippen LogP contribution in [0.5, 0.6) is 11.5 Å². The van der Waals surface area contributed by atoms with Gasteiger partial charge in [0.1, 0.15) is 5.76 Å². The van der Waals surface area contributed by atoms with Crippen molar-refractivity contribution in [1.29, 1.82) is 0 Å². The molecule has 1 aliphatic heterocycles. The van der Waals surface area contributed by atoms with Crippen molar-refractivity contribution in [1.82, 2.24) is 4.98 Å². The zero-order valence-corrected chi connectivity index (χ0v) is 12.2. The molecule has 0 spiro atoms. The molecule has 0 unspecified atom stereocenters. The third-order valence-corrected chi connectivity index (χ3v) is 4.11. The number of carbonyl (C=O) groups is 1. The molecule has 1 N–H and O–H groups in total. The van der Waals surface area contributed by atoms with Crippen LogP contribution in [0.2, 0.25) is 0 Å². The minimum atomic E-state index is -0.273. The summed E-state index contributed by atoms with van der Waals surface area (Å²) >= 11 is 0. The highest BCUT2D eigenvalue weighted by Crippen LogP contribution is 2.37. The first-order valence-corrected chi connectivity index (χ1v) is 7.39. The second-order valence-corrected chi connectivity index (χ2v) is 5.61. The Labute approximate surface area is 127 Å². The lowest BCUT2D eigenvalue weighted by Gasteiger charge is -2.21. The number of carbonyl (C=O) groups excluding carboxylic acids is 1. The van der Waals surface area contributed by atoms with E-state index in [1.54, 1.807) is 25.1 Å². The molecule has 4 rings (SSSR count). The van der Waals surface area contributed by atoms with Gasteiger partial charge in [-0.1, -0.05) is 6.42 Å². The van der Waals surface area contributed by atoms with E-state index in [4.69, 9.17) is 13.9 Å². The highest BCUT2D eigenvalue weighted by atomic mass is 16.7. The standard InChI is InChI=1S/C16H16N2O4/c1-9-14(18-16(22-9)10-3-2-4-10)15(19)17-11-5-6-12-13(7-11)21-8-20-12/h5-7,10H,2-4,8H2,1H3,(H,17,19). The van der Waals surface area contributed by atoms with Crippen LogP contribution in [0.25, 0.3) is 0 Å². The van der Waals surface area contributed by atoms with Crippen LogP contribution in [-0.4, -0.2) is 17.7 Å². The quantitative estimate of drug-likeness (QED) is 0.942. The molecule has 1 aromatic heterocycles. The van der Waals surface area contributed by atoms with Gasteiger partial charge >= 0.3 is 0 Å². The molecule has 1 fully saturated rings. The Bertz CT molecular complexity index is 734. The Balaban J connectivity index is 1.53. The molecule has 0 bridgehead atoms. The molecular formula is C16H16N2O4. The molecule has 2 aromatic rings. The second-order valence-electron chi connectivity index (χ2n) is 5.61. The van der Waals surface area contributed by atoms with Gasteiger partial charge in [0.05, 0.1) is 0 Å². The van der Waals surface area contributed by atoms with Gasteiger partial charge in [0.25, 0.3) is 5.91 Å². The lowest BCUT2D eigenvalue weighted by atomic mass is 9.85. The number of nitrogens with one attached hydrogen (secondary N) is 1. The third kappa shape index (κ3) is 2.20. The van der Waals surface area contributed by atoms with Crippen molar-refractivity contribution in [2.24, 2.45) is 0 Å². The number of benzene rings is 1. The van der Waals surface area contributed by atoms with E-state index in [-0.39, 0.29) is 12.7 Å². The highest BCUT2D eigenvalue weighted by molar-refractivity contribution is 6.03. The van der Waals surface area contributed by atoms with Crippen LogP contribution in [0.3, 0.4) is 0 Å². The Morgan fingerprint density at radius 3 is 2.86 bits per heavy atom. The molecular weight excluding hydrogens is 284 g/mol. The summed E-state index contributed by atoms with van der Waals surface area (Å²) in [6, 6.07) is 5.28. The van der Waals surface area contributed by atoms with E-state index in [1.165, 1.54) is 6.42 Å². The Hall–Kier alpha value is -2.50. The first-order valence-electron chi connectivity index (χ1n) is 7.39. The van der Waals surface area contributed by atoms with Crippen molar-refractivity contribution in [3.8, 4) is 11.5 Å². The van der Waals surface area contributed by atoms with E-state index in [0.717, 1.165) is 12.8 Å². The maximum absolute atomic E-state index is 12.4. The average molecular weight is 300 g/mol. The molecule has 1 amide bonds. The van der Waals surface area contributed by atoms with Gasteiger partial charge in [-0.2, -0.15) is 0 Å². The predicted molar refractivity (Wildman–Crippen MR) is 78.4 cm³/mol. The van der Waals surface area contributed by atoms with Crippen molar-refractivity contribution >= 4 is 11.6 Å². The van der Waals surface area contributed by atoms with Crippen molar-refractivity contribution in [3.05, 3.63) is 35.5 Å². The monoisotopic (exact) mass is 300 g/mol. The minimum absolute atomic E-state index is 0.208. The van der Waals surface area contributed by atoms with Gasteiger partial charge in [0.15, 0.2) is 23.1 Å². The van der Waals surface area contributed by atoms with Crippen LogP contribution in [-0.2, 0) is 0 Å². The number of oxazole rings is 1. The molecule has 1 aromatic carbocycles. The first-order chi connectivity index (χ1) is 10.7.